The van der Waals surface area contributed by atoms with Crippen molar-refractivity contribution in [3.8, 4) is 0 Å². The quantitative estimate of drug-likeness (QED) is 0.398. The summed E-state index contributed by atoms with van der Waals surface area (Å²) in [6.07, 6.45) is 7.37. The molecule has 23 heavy (non-hydrogen) atoms. The van der Waals surface area contributed by atoms with Crippen LogP contribution in [0.25, 0.3) is 0 Å². The van der Waals surface area contributed by atoms with Crippen LogP contribution in [0, 0.1) is 6.92 Å². The van der Waals surface area contributed by atoms with E-state index in [1.54, 1.807) is 0 Å². The van der Waals surface area contributed by atoms with Crippen molar-refractivity contribution >= 4 is 41.7 Å². The fourth-order valence-electron chi connectivity index (χ4n) is 2.65. The maximum Gasteiger partial charge on any atom is 0.191 e. The molecule has 6 heteroatoms. The monoisotopic (exact) mass is 448 g/mol. The van der Waals surface area contributed by atoms with Gasteiger partial charge in [0, 0.05) is 30.2 Å². The summed E-state index contributed by atoms with van der Waals surface area (Å²) >= 11 is 2.06. The van der Waals surface area contributed by atoms with Gasteiger partial charge in [0.15, 0.2) is 5.96 Å². The molecule has 0 saturated carbocycles. The summed E-state index contributed by atoms with van der Waals surface area (Å²) < 4.78 is 0.323. The molecular weight excluding hydrogens is 419 g/mol. The summed E-state index contributed by atoms with van der Waals surface area (Å²) in [6.45, 7) is 9.22. The number of pyridine rings is 1. The van der Waals surface area contributed by atoms with Crippen molar-refractivity contribution in [3.63, 3.8) is 0 Å². The van der Waals surface area contributed by atoms with Crippen molar-refractivity contribution in [1.82, 2.24) is 15.6 Å². The van der Waals surface area contributed by atoms with E-state index in [1.165, 1.54) is 29.7 Å². The number of guanidine groups is 1. The predicted octanol–water partition coefficient (Wildman–Crippen LogP) is 3.39. The maximum atomic E-state index is 4.78. The maximum absolute atomic E-state index is 4.78. The lowest BCUT2D eigenvalue weighted by atomic mass is 10.1. The van der Waals surface area contributed by atoms with E-state index in [9.17, 15) is 0 Å². The molecule has 0 aliphatic carbocycles. The first-order valence-corrected chi connectivity index (χ1v) is 9.17. The molecule has 1 aliphatic rings. The van der Waals surface area contributed by atoms with Gasteiger partial charge in [0.1, 0.15) is 0 Å². The molecule has 1 atom stereocenters. The zero-order valence-corrected chi connectivity index (χ0v) is 17.5. The number of nitrogens with zero attached hydrogens (tertiary/aromatic N) is 2. The molecule has 1 fully saturated rings. The molecule has 1 unspecified atom stereocenters. The van der Waals surface area contributed by atoms with Crippen molar-refractivity contribution in [2.45, 2.75) is 44.8 Å². The van der Waals surface area contributed by atoms with Crippen LogP contribution < -0.4 is 10.6 Å². The predicted molar refractivity (Wildman–Crippen MR) is 112 cm³/mol. The Labute approximate surface area is 161 Å². The summed E-state index contributed by atoms with van der Waals surface area (Å²) in [6, 6.07) is 2.09. The Morgan fingerprint density at radius 3 is 2.91 bits per heavy atom. The summed E-state index contributed by atoms with van der Waals surface area (Å²) in [5, 5.41) is 6.79. The Hall–Kier alpha value is -0.500. The van der Waals surface area contributed by atoms with E-state index < -0.39 is 0 Å². The van der Waals surface area contributed by atoms with Crippen LogP contribution in [0.4, 0.5) is 0 Å². The molecule has 1 aromatic heterocycles. The van der Waals surface area contributed by atoms with E-state index in [-0.39, 0.29) is 24.0 Å². The van der Waals surface area contributed by atoms with Crippen LogP contribution in [0.15, 0.2) is 23.5 Å². The van der Waals surface area contributed by atoms with Crippen LogP contribution >= 0.6 is 35.7 Å². The Morgan fingerprint density at radius 1 is 1.43 bits per heavy atom. The van der Waals surface area contributed by atoms with Crippen molar-refractivity contribution in [3.05, 3.63) is 29.6 Å². The molecule has 2 N–H and O–H groups in total. The summed E-state index contributed by atoms with van der Waals surface area (Å²) in [5.74, 6) is 2.21. The van der Waals surface area contributed by atoms with Gasteiger partial charge in [0.2, 0.25) is 0 Å². The molecular formula is C17H29IN4S. The highest BCUT2D eigenvalue weighted by atomic mass is 127. The number of thioether (sulfide) groups is 1. The van der Waals surface area contributed by atoms with Gasteiger partial charge in [-0.3, -0.25) is 9.98 Å². The molecule has 0 bridgehead atoms. The number of hydrogen-bond acceptors (Lipinski definition) is 3. The fourth-order valence-corrected chi connectivity index (χ4v) is 3.87. The number of aliphatic imine (C=N–C) groups is 1. The Balaban J connectivity index is 0.00000264. The molecule has 0 amide bonds. The number of hydrogen-bond donors (Lipinski definition) is 2. The van der Waals surface area contributed by atoms with Crippen LogP contribution in [0.5, 0.6) is 0 Å². The molecule has 2 heterocycles. The second kappa shape index (κ2) is 10.4. The van der Waals surface area contributed by atoms with Crippen LogP contribution in [-0.2, 0) is 6.42 Å². The van der Waals surface area contributed by atoms with Gasteiger partial charge >= 0.3 is 0 Å². The van der Waals surface area contributed by atoms with Gasteiger partial charge in [-0.05, 0) is 63.0 Å². The van der Waals surface area contributed by atoms with Crippen molar-refractivity contribution in [1.29, 1.82) is 0 Å². The molecule has 1 saturated heterocycles. The van der Waals surface area contributed by atoms with Gasteiger partial charge in [0.25, 0.3) is 0 Å². The van der Waals surface area contributed by atoms with Crippen LogP contribution in [0.2, 0.25) is 0 Å². The van der Waals surface area contributed by atoms with Crippen molar-refractivity contribution in [2.75, 3.05) is 25.4 Å². The SMILES string of the molecule is CCNC(=NCC1(C)CCCS1)NCCc1ccncc1C.I. The summed E-state index contributed by atoms with van der Waals surface area (Å²) in [7, 11) is 0. The largest absolute Gasteiger partial charge is 0.357 e. The summed E-state index contributed by atoms with van der Waals surface area (Å²) in [4.78, 5) is 8.92. The number of aryl methyl sites for hydroxylation is 1. The first kappa shape index (κ1) is 20.5. The van der Waals surface area contributed by atoms with Crippen LogP contribution in [0.1, 0.15) is 37.8 Å². The highest BCUT2D eigenvalue weighted by molar-refractivity contribution is 14.0. The third-order valence-electron chi connectivity index (χ3n) is 4.04. The average molecular weight is 448 g/mol. The van der Waals surface area contributed by atoms with Crippen LogP contribution in [-0.4, -0.2) is 41.1 Å². The minimum atomic E-state index is 0. The lowest BCUT2D eigenvalue weighted by Gasteiger charge is -2.21. The smallest absolute Gasteiger partial charge is 0.191 e. The fraction of sp³-hybridized carbons (Fsp3) is 0.647. The second-order valence-electron chi connectivity index (χ2n) is 6.08. The molecule has 130 valence electrons. The standard InChI is InChI=1S/C17H28N4S.HI/c1-4-19-16(21-13-17(3)8-5-11-22-17)20-10-7-15-6-9-18-12-14(15)2;/h6,9,12H,4-5,7-8,10-11,13H2,1-3H3,(H2,19,20,21);1H. The second-order valence-corrected chi connectivity index (χ2v) is 7.76. The van der Waals surface area contributed by atoms with E-state index in [0.29, 0.717) is 4.75 Å². The number of rotatable bonds is 6. The highest BCUT2D eigenvalue weighted by Gasteiger charge is 2.29. The number of aromatic nitrogens is 1. The molecule has 2 rings (SSSR count). The normalized spacial score (nSPS) is 20.9. The van der Waals surface area contributed by atoms with E-state index in [0.717, 1.165) is 32.0 Å². The van der Waals surface area contributed by atoms with Gasteiger partial charge in [-0.2, -0.15) is 11.8 Å². The minimum Gasteiger partial charge on any atom is -0.357 e. The first-order valence-electron chi connectivity index (χ1n) is 8.18. The van der Waals surface area contributed by atoms with Gasteiger partial charge in [-0.15, -0.1) is 24.0 Å². The highest BCUT2D eigenvalue weighted by Crippen LogP contribution is 2.37. The number of halogens is 1. The number of nitrogens with one attached hydrogen (secondary N) is 2. The van der Waals surface area contributed by atoms with Gasteiger partial charge < -0.3 is 10.6 Å². The zero-order valence-electron chi connectivity index (χ0n) is 14.4. The first-order chi connectivity index (χ1) is 10.6. The molecule has 1 aliphatic heterocycles. The topological polar surface area (TPSA) is 49.3 Å². The van der Waals surface area contributed by atoms with Crippen LogP contribution in [0.3, 0.4) is 0 Å². The van der Waals surface area contributed by atoms with Gasteiger partial charge in [-0.25, -0.2) is 0 Å². The van der Waals surface area contributed by atoms with Gasteiger partial charge in [0.05, 0.1) is 6.54 Å². The summed E-state index contributed by atoms with van der Waals surface area (Å²) in [5.41, 5.74) is 2.60. The van der Waals surface area contributed by atoms with E-state index >= 15 is 0 Å². The van der Waals surface area contributed by atoms with Gasteiger partial charge in [-0.1, -0.05) is 0 Å². The van der Waals surface area contributed by atoms with Crippen molar-refractivity contribution in [2.24, 2.45) is 4.99 Å². The zero-order chi connectivity index (χ0) is 15.8. The molecule has 1 aromatic rings. The van der Waals surface area contributed by atoms with E-state index in [1.807, 2.05) is 12.4 Å². The van der Waals surface area contributed by atoms with E-state index in [2.05, 4.69) is 54.2 Å². The molecule has 0 spiro atoms. The van der Waals surface area contributed by atoms with Crippen molar-refractivity contribution < 1.29 is 0 Å². The van der Waals surface area contributed by atoms with E-state index in [4.69, 9.17) is 4.99 Å². The molecule has 0 aromatic carbocycles. The lowest BCUT2D eigenvalue weighted by Crippen LogP contribution is -2.39. The third-order valence-corrected chi connectivity index (χ3v) is 5.56. The lowest BCUT2D eigenvalue weighted by molar-refractivity contribution is 0.614. The average Bonchev–Trinajstić information content (AvgIpc) is 2.94. The third kappa shape index (κ3) is 6.87. The molecule has 4 nitrogen and oxygen atoms in total. The Morgan fingerprint density at radius 2 is 2.26 bits per heavy atom. The molecule has 0 radical (unpaired) electrons. The minimum absolute atomic E-state index is 0. The Kier molecular flexibility index (Phi) is 9.27. The Bertz CT molecular complexity index is 501.